The monoisotopic (exact) mass is 429 g/mol. The lowest BCUT2D eigenvalue weighted by Gasteiger charge is -2.18. The van der Waals surface area contributed by atoms with Gasteiger partial charge in [0.05, 0.1) is 36.3 Å². The maximum atomic E-state index is 15.1. The number of pyridine rings is 1. The first-order chi connectivity index (χ1) is 14.3. The van der Waals surface area contributed by atoms with Gasteiger partial charge in [-0.1, -0.05) is 24.3 Å². The van der Waals surface area contributed by atoms with Crippen LogP contribution in [0.4, 0.5) is 15.8 Å². The standard InChI is InChI=1S/C22H21ClFN3O3/c1-5-14-15(26-10-13-7-6-8-30-13)9-16(27-21(14)22(28)29-4)17-11(2)12(3)18(23)20(25)19(17)24/h5-9H,1,10,25H2,2-4H3,(H,26,27). The molecule has 0 atom stereocenters. The molecule has 0 fully saturated rings. The second-order valence-corrected chi connectivity index (χ2v) is 6.99. The van der Waals surface area contributed by atoms with Crippen LogP contribution in [0.3, 0.4) is 0 Å². The van der Waals surface area contributed by atoms with Gasteiger partial charge >= 0.3 is 5.97 Å². The smallest absolute Gasteiger partial charge is 0.357 e. The molecule has 0 aliphatic rings. The Bertz CT molecular complexity index is 1100. The molecule has 0 unspecified atom stereocenters. The maximum Gasteiger partial charge on any atom is 0.357 e. The number of hydrogen-bond acceptors (Lipinski definition) is 6. The van der Waals surface area contributed by atoms with Gasteiger partial charge < -0.3 is 20.2 Å². The summed E-state index contributed by atoms with van der Waals surface area (Å²) in [5, 5.41) is 3.34. The molecule has 0 spiro atoms. The molecule has 0 aliphatic heterocycles. The van der Waals surface area contributed by atoms with E-state index in [4.69, 9.17) is 26.5 Å². The zero-order chi connectivity index (χ0) is 22.0. The lowest BCUT2D eigenvalue weighted by Crippen LogP contribution is -2.12. The zero-order valence-corrected chi connectivity index (χ0v) is 17.6. The first-order valence-electron chi connectivity index (χ1n) is 9.06. The molecule has 0 aliphatic carbocycles. The van der Waals surface area contributed by atoms with Crippen LogP contribution in [0.25, 0.3) is 17.3 Å². The number of ether oxygens (including phenoxy) is 1. The van der Waals surface area contributed by atoms with Crippen molar-refractivity contribution >= 4 is 35.0 Å². The Kier molecular flexibility index (Phi) is 6.12. The van der Waals surface area contributed by atoms with E-state index < -0.39 is 11.8 Å². The molecular weight excluding hydrogens is 409 g/mol. The fourth-order valence-corrected chi connectivity index (χ4v) is 3.36. The highest BCUT2D eigenvalue weighted by molar-refractivity contribution is 6.34. The number of esters is 1. The van der Waals surface area contributed by atoms with E-state index in [9.17, 15) is 4.79 Å². The Hall–Kier alpha value is -3.32. The fourth-order valence-electron chi connectivity index (χ4n) is 3.14. The second kappa shape index (κ2) is 8.59. The third kappa shape index (κ3) is 3.76. The number of benzene rings is 1. The van der Waals surface area contributed by atoms with E-state index in [-0.39, 0.29) is 27.7 Å². The van der Waals surface area contributed by atoms with Crippen LogP contribution in [0, 0.1) is 19.7 Å². The average Bonchev–Trinajstić information content (AvgIpc) is 3.27. The van der Waals surface area contributed by atoms with Gasteiger partial charge in [-0.2, -0.15) is 0 Å². The van der Waals surface area contributed by atoms with Crippen LogP contribution in [0.15, 0.2) is 35.5 Å². The highest BCUT2D eigenvalue weighted by atomic mass is 35.5. The lowest BCUT2D eigenvalue weighted by atomic mass is 9.97. The number of hydrogen-bond donors (Lipinski definition) is 2. The van der Waals surface area contributed by atoms with E-state index in [1.807, 2.05) is 0 Å². The first kappa shape index (κ1) is 21.4. The molecule has 3 N–H and O–H groups in total. The Morgan fingerprint density at radius 2 is 2.17 bits per heavy atom. The molecule has 8 heteroatoms. The highest BCUT2D eigenvalue weighted by Crippen LogP contribution is 2.39. The topological polar surface area (TPSA) is 90.4 Å². The Labute approximate surface area is 178 Å². The number of carbonyl (C=O) groups excluding carboxylic acids is 1. The minimum atomic E-state index is -0.699. The third-order valence-corrected chi connectivity index (χ3v) is 5.38. The van der Waals surface area contributed by atoms with Crippen molar-refractivity contribution in [1.82, 2.24) is 4.98 Å². The van der Waals surface area contributed by atoms with Crippen LogP contribution in [-0.2, 0) is 11.3 Å². The SMILES string of the molecule is C=Cc1c(NCc2ccco2)cc(-c2c(C)c(C)c(Cl)c(N)c2F)nc1C(=O)OC. The molecule has 30 heavy (non-hydrogen) atoms. The molecule has 0 bridgehead atoms. The van der Waals surface area contributed by atoms with Crippen molar-refractivity contribution in [2.75, 3.05) is 18.2 Å². The quantitative estimate of drug-likeness (QED) is 0.404. The van der Waals surface area contributed by atoms with Crippen LogP contribution >= 0.6 is 11.6 Å². The van der Waals surface area contributed by atoms with Crippen LogP contribution < -0.4 is 11.1 Å². The van der Waals surface area contributed by atoms with E-state index in [2.05, 4.69) is 16.9 Å². The van der Waals surface area contributed by atoms with Gasteiger partial charge in [0.25, 0.3) is 0 Å². The van der Waals surface area contributed by atoms with Crippen molar-refractivity contribution in [3.63, 3.8) is 0 Å². The Morgan fingerprint density at radius 3 is 2.77 bits per heavy atom. The predicted octanol–water partition coefficient (Wildman–Crippen LogP) is 5.37. The summed E-state index contributed by atoms with van der Waals surface area (Å²) in [6.07, 6.45) is 3.04. The van der Waals surface area contributed by atoms with Crippen molar-refractivity contribution in [1.29, 1.82) is 0 Å². The van der Waals surface area contributed by atoms with Gasteiger partial charge in [-0.25, -0.2) is 14.2 Å². The van der Waals surface area contributed by atoms with Crippen LogP contribution in [0.2, 0.25) is 5.02 Å². The molecular formula is C22H21ClFN3O3. The van der Waals surface area contributed by atoms with Gasteiger partial charge in [0.2, 0.25) is 0 Å². The summed E-state index contributed by atoms with van der Waals surface area (Å²) in [7, 11) is 1.25. The normalized spacial score (nSPS) is 10.7. The van der Waals surface area contributed by atoms with Gasteiger partial charge in [-0.15, -0.1) is 0 Å². The minimum absolute atomic E-state index is 0.00285. The van der Waals surface area contributed by atoms with Crippen molar-refractivity contribution in [3.05, 3.63) is 70.0 Å². The molecule has 0 saturated carbocycles. The van der Waals surface area contributed by atoms with Crippen molar-refractivity contribution in [2.45, 2.75) is 20.4 Å². The summed E-state index contributed by atoms with van der Waals surface area (Å²) in [4.78, 5) is 16.8. The zero-order valence-electron chi connectivity index (χ0n) is 16.8. The number of nitrogens with two attached hydrogens (primary N) is 1. The summed E-state index contributed by atoms with van der Waals surface area (Å²) in [6, 6.07) is 5.20. The number of carbonyl (C=O) groups is 1. The van der Waals surface area contributed by atoms with Gasteiger partial charge in [-0.05, 0) is 43.2 Å². The molecule has 3 aromatic rings. The second-order valence-electron chi connectivity index (χ2n) is 6.61. The number of methoxy groups -OCH3 is 1. The summed E-state index contributed by atoms with van der Waals surface area (Å²) in [5.74, 6) is -0.698. The van der Waals surface area contributed by atoms with Crippen LogP contribution in [-0.4, -0.2) is 18.1 Å². The Morgan fingerprint density at radius 1 is 1.43 bits per heavy atom. The molecule has 0 amide bonds. The number of anilines is 2. The van der Waals surface area contributed by atoms with Gasteiger partial charge in [0.15, 0.2) is 11.5 Å². The lowest BCUT2D eigenvalue weighted by molar-refractivity contribution is 0.0594. The van der Waals surface area contributed by atoms with Crippen molar-refractivity contribution < 1.29 is 18.3 Å². The van der Waals surface area contributed by atoms with Crippen LogP contribution in [0.5, 0.6) is 0 Å². The highest BCUT2D eigenvalue weighted by Gasteiger charge is 2.24. The summed E-state index contributed by atoms with van der Waals surface area (Å²) in [5.41, 5.74) is 8.19. The summed E-state index contributed by atoms with van der Waals surface area (Å²) in [6.45, 7) is 7.56. The number of rotatable bonds is 6. The van der Waals surface area contributed by atoms with Gasteiger partial charge in [0, 0.05) is 16.8 Å². The number of furan rings is 1. The molecule has 2 aromatic heterocycles. The molecule has 0 radical (unpaired) electrons. The van der Waals surface area contributed by atoms with E-state index in [0.29, 0.717) is 34.7 Å². The number of nitrogens with zero attached hydrogens (tertiary/aromatic N) is 1. The molecule has 2 heterocycles. The first-order valence-corrected chi connectivity index (χ1v) is 9.43. The van der Waals surface area contributed by atoms with E-state index in [1.165, 1.54) is 13.2 Å². The molecule has 156 valence electrons. The summed E-state index contributed by atoms with van der Waals surface area (Å²) < 4.78 is 25.3. The predicted molar refractivity (Wildman–Crippen MR) is 116 cm³/mol. The van der Waals surface area contributed by atoms with E-state index in [1.54, 1.807) is 38.3 Å². The van der Waals surface area contributed by atoms with E-state index >= 15 is 4.39 Å². The number of nitrogens with one attached hydrogen (secondary N) is 1. The molecule has 3 rings (SSSR count). The maximum absolute atomic E-state index is 15.1. The number of nitrogen functional groups attached to an aromatic ring is 1. The van der Waals surface area contributed by atoms with Crippen LogP contribution in [0.1, 0.15) is 32.9 Å². The fraction of sp³-hybridized carbons (Fsp3) is 0.182. The Balaban J connectivity index is 2.24. The van der Waals surface area contributed by atoms with Gasteiger partial charge in [-0.3, -0.25) is 0 Å². The van der Waals surface area contributed by atoms with Gasteiger partial charge in [0.1, 0.15) is 5.76 Å². The molecule has 0 saturated heterocycles. The largest absolute Gasteiger partial charge is 0.467 e. The third-order valence-electron chi connectivity index (χ3n) is 4.89. The average molecular weight is 430 g/mol. The van der Waals surface area contributed by atoms with Crippen molar-refractivity contribution in [2.24, 2.45) is 0 Å². The van der Waals surface area contributed by atoms with Crippen molar-refractivity contribution in [3.8, 4) is 11.3 Å². The number of aromatic nitrogens is 1. The number of halogens is 2. The molecule has 1 aromatic carbocycles. The molecule has 6 nitrogen and oxygen atoms in total. The van der Waals surface area contributed by atoms with E-state index in [0.717, 1.165) is 0 Å². The minimum Gasteiger partial charge on any atom is -0.467 e. The summed E-state index contributed by atoms with van der Waals surface area (Å²) >= 11 is 6.14.